The summed E-state index contributed by atoms with van der Waals surface area (Å²) in [6.07, 6.45) is 7.86. The second kappa shape index (κ2) is 5.87. The third kappa shape index (κ3) is 2.64. The molecule has 2 N–H and O–H groups in total. The van der Waals surface area contributed by atoms with Crippen LogP contribution in [0.15, 0.2) is 24.3 Å². The summed E-state index contributed by atoms with van der Waals surface area (Å²) in [7, 11) is 2.25. The molecule has 2 heteroatoms. The molecular weight excluding hydrogens is 244 g/mol. The third-order valence-electron chi connectivity index (χ3n) is 5.62. The van der Waals surface area contributed by atoms with Crippen LogP contribution in [-0.4, -0.2) is 31.6 Å². The highest BCUT2D eigenvalue weighted by atomic mass is 15.1. The predicted molar refractivity (Wildman–Crippen MR) is 85.1 cm³/mol. The van der Waals surface area contributed by atoms with Crippen LogP contribution in [0.25, 0.3) is 0 Å². The molecule has 0 amide bonds. The molecule has 0 radical (unpaired) electrons. The van der Waals surface area contributed by atoms with Crippen molar-refractivity contribution in [2.75, 3.05) is 26.7 Å². The molecule has 1 aliphatic carbocycles. The lowest BCUT2D eigenvalue weighted by atomic mass is 9.64. The molecule has 2 aliphatic rings. The van der Waals surface area contributed by atoms with Crippen LogP contribution in [0, 0.1) is 0 Å². The molecule has 1 aliphatic heterocycles. The number of benzene rings is 1. The fourth-order valence-electron chi connectivity index (χ4n) is 3.91. The minimum Gasteiger partial charge on any atom is -0.330 e. The Hall–Kier alpha value is -0.860. The van der Waals surface area contributed by atoms with Crippen molar-refractivity contribution in [2.24, 2.45) is 5.73 Å². The molecule has 1 saturated heterocycles. The van der Waals surface area contributed by atoms with Gasteiger partial charge in [0.15, 0.2) is 0 Å². The number of likely N-dealkylation sites (tertiary alicyclic amines) is 1. The molecule has 1 unspecified atom stereocenters. The van der Waals surface area contributed by atoms with E-state index < -0.39 is 0 Å². The molecule has 1 aromatic rings. The van der Waals surface area contributed by atoms with Gasteiger partial charge in [0.2, 0.25) is 0 Å². The highest BCUT2D eigenvalue weighted by molar-refractivity contribution is 5.34. The van der Waals surface area contributed by atoms with Gasteiger partial charge < -0.3 is 10.6 Å². The first-order valence-corrected chi connectivity index (χ1v) is 8.23. The predicted octanol–water partition coefficient (Wildman–Crippen LogP) is 3.27. The summed E-state index contributed by atoms with van der Waals surface area (Å²) in [4.78, 5) is 2.47. The minimum absolute atomic E-state index is 0.303. The Bertz CT molecular complexity index is 445. The van der Waals surface area contributed by atoms with Crippen molar-refractivity contribution in [3.63, 3.8) is 0 Å². The molecule has 2 nitrogen and oxygen atoms in total. The number of nitrogens with two attached hydrogens (primary N) is 1. The van der Waals surface area contributed by atoms with Gasteiger partial charge in [-0.1, -0.05) is 30.7 Å². The molecule has 0 aromatic heterocycles. The molecule has 3 rings (SSSR count). The molecule has 0 bridgehead atoms. The van der Waals surface area contributed by atoms with Gasteiger partial charge in [-0.15, -0.1) is 0 Å². The Morgan fingerprint density at radius 1 is 1.20 bits per heavy atom. The smallest absolute Gasteiger partial charge is 0.00756 e. The highest BCUT2D eigenvalue weighted by Gasteiger charge is 2.37. The van der Waals surface area contributed by atoms with Gasteiger partial charge in [-0.25, -0.2) is 0 Å². The molecule has 1 heterocycles. The van der Waals surface area contributed by atoms with Gasteiger partial charge >= 0.3 is 0 Å². The summed E-state index contributed by atoms with van der Waals surface area (Å²) < 4.78 is 0. The largest absolute Gasteiger partial charge is 0.330 e. The van der Waals surface area contributed by atoms with E-state index >= 15 is 0 Å². The van der Waals surface area contributed by atoms with Gasteiger partial charge in [-0.3, -0.25) is 0 Å². The van der Waals surface area contributed by atoms with Crippen LogP contribution in [0.2, 0.25) is 0 Å². The van der Waals surface area contributed by atoms with Gasteiger partial charge in [0.25, 0.3) is 0 Å². The second-order valence-corrected chi connectivity index (χ2v) is 6.89. The van der Waals surface area contributed by atoms with Crippen LogP contribution in [0.1, 0.15) is 55.6 Å². The van der Waals surface area contributed by atoms with Crippen molar-refractivity contribution in [3.05, 3.63) is 35.4 Å². The fourth-order valence-corrected chi connectivity index (χ4v) is 3.91. The van der Waals surface area contributed by atoms with E-state index in [1.54, 1.807) is 5.56 Å². The van der Waals surface area contributed by atoms with Crippen molar-refractivity contribution in [3.8, 4) is 0 Å². The van der Waals surface area contributed by atoms with Crippen molar-refractivity contribution < 1.29 is 0 Å². The number of hydrogen-bond acceptors (Lipinski definition) is 2. The van der Waals surface area contributed by atoms with E-state index in [2.05, 4.69) is 36.2 Å². The quantitative estimate of drug-likeness (QED) is 0.915. The van der Waals surface area contributed by atoms with Crippen LogP contribution in [-0.2, 0) is 5.41 Å². The SMILES string of the molecule is CN1CCCC(c2cccc(C3(CN)CCC3)c2)CC1. The molecule has 2 fully saturated rings. The van der Waals surface area contributed by atoms with E-state index in [1.165, 1.54) is 57.2 Å². The van der Waals surface area contributed by atoms with Gasteiger partial charge in [0, 0.05) is 12.0 Å². The lowest BCUT2D eigenvalue weighted by Gasteiger charge is -2.42. The number of hydrogen-bond donors (Lipinski definition) is 1. The number of rotatable bonds is 3. The molecule has 0 spiro atoms. The first-order chi connectivity index (χ1) is 9.73. The van der Waals surface area contributed by atoms with Crippen molar-refractivity contribution in [2.45, 2.75) is 49.9 Å². The molecule has 110 valence electrons. The summed E-state index contributed by atoms with van der Waals surface area (Å²) in [6.45, 7) is 3.30. The second-order valence-electron chi connectivity index (χ2n) is 6.89. The van der Waals surface area contributed by atoms with Gasteiger partial charge in [0.05, 0.1) is 0 Å². The van der Waals surface area contributed by atoms with Crippen LogP contribution in [0.3, 0.4) is 0 Å². The third-order valence-corrected chi connectivity index (χ3v) is 5.62. The zero-order valence-corrected chi connectivity index (χ0v) is 12.8. The van der Waals surface area contributed by atoms with Crippen LogP contribution in [0.4, 0.5) is 0 Å². The first kappa shape index (κ1) is 14.1. The normalized spacial score (nSPS) is 26.8. The molecule has 1 atom stereocenters. The lowest BCUT2D eigenvalue weighted by Crippen LogP contribution is -2.41. The summed E-state index contributed by atoms with van der Waals surface area (Å²) in [5, 5.41) is 0. The lowest BCUT2D eigenvalue weighted by molar-refractivity contribution is 0.253. The summed E-state index contributed by atoms with van der Waals surface area (Å²) >= 11 is 0. The van der Waals surface area contributed by atoms with E-state index in [-0.39, 0.29) is 0 Å². The van der Waals surface area contributed by atoms with Crippen molar-refractivity contribution >= 4 is 0 Å². The maximum absolute atomic E-state index is 6.07. The Kier molecular flexibility index (Phi) is 4.13. The fraction of sp³-hybridized carbons (Fsp3) is 0.667. The zero-order chi connectivity index (χ0) is 14.0. The van der Waals surface area contributed by atoms with Gasteiger partial charge in [-0.05, 0) is 69.3 Å². The Labute approximate surface area is 123 Å². The van der Waals surface area contributed by atoms with E-state index in [0.29, 0.717) is 5.41 Å². The Morgan fingerprint density at radius 2 is 2.05 bits per heavy atom. The average molecular weight is 272 g/mol. The Morgan fingerprint density at radius 3 is 2.75 bits per heavy atom. The highest BCUT2D eigenvalue weighted by Crippen LogP contribution is 2.43. The first-order valence-electron chi connectivity index (χ1n) is 8.23. The molecule has 1 saturated carbocycles. The molecular formula is C18H28N2. The number of nitrogens with zero attached hydrogens (tertiary/aromatic N) is 1. The topological polar surface area (TPSA) is 29.3 Å². The maximum atomic E-state index is 6.07. The monoisotopic (exact) mass is 272 g/mol. The molecule has 1 aromatic carbocycles. The molecule has 20 heavy (non-hydrogen) atoms. The average Bonchev–Trinajstić information content (AvgIpc) is 2.63. The van der Waals surface area contributed by atoms with E-state index in [1.807, 2.05) is 0 Å². The van der Waals surface area contributed by atoms with Crippen molar-refractivity contribution in [1.82, 2.24) is 4.90 Å². The van der Waals surface area contributed by atoms with Crippen LogP contribution < -0.4 is 5.73 Å². The van der Waals surface area contributed by atoms with E-state index in [0.717, 1.165) is 12.5 Å². The summed E-state index contributed by atoms with van der Waals surface area (Å²) in [5.41, 5.74) is 9.42. The zero-order valence-electron chi connectivity index (χ0n) is 12.8. The Balaban J connectivity index is 1.80. The van der Waals surface area contributed by atoms with Crippen LogP contribution in [0.5, 0.6) is 0 Å². The van der Waals surface area contributed by atoms with Gasteiger partial charge in [-0.2, -0.15) is 0 Å². The maximum Gasteiger partial charge on any atom is 0.00756 e. The van der Waals surface area contributed by atoms with Crippen molar-refractivity contribution in [1.29, 1.82) is 0 Å². The standard InChI is InChI=1S/C18H28N2/c1-20-11-3-6-15(8-12-20)16-5-2-7-17(13-16)18(14-19)9-4-10-18/h2,5,7,13,15H,3-4,6,8-12,14,19H2,1H3. The van der Waals surface area contributed by atoms with E-state index in [4.69, 9.17) is 5.73 Å². The van der Waals surface area contributed by atoms with Crippen LogP contribution >= 0.6 is 0 Å². The minimum atomic E-state index is 0.303. The van der Waals surface area contributed by atoms with E-state index in [9.17, 15) is 0 Å². The summed E-state index contributed by atoms with van der Waals surface area (Å²) in [5.74, 6) is 0.745. The van der Waals surface area contributed by atoms with Gasteiger partial charge in [0.1, 0.15) is 0 Å². The summed E-state index contributed by atoms with van der Waals surface area (Å²) in [6, 6.07) is 9.37.